The van der Waals surface area contributed by atoms with Gasteiger partial charge in [0.05, 0.1) is 5.69 Å². The molecular weight excluding hydrogens is 336 g/mol. The lowest BCUT2D eigenvalue weighted by Crippen LogP contribution is -2.56. The normalized spacial score (nSPS) is 22.5. The van der Waals surface area contributed by atoms with Gasteiger partial charge in [-0.1, -0.05) is 30.5 Å². The lowest BCUT2D eigenvalue weighted by molar-refractivity contribution is 0.0267. The van der Waals surface area contributed by atoms with Crippen LogP contribution in [0.5, 0.6) is 0 Å². The minimum atomic E-state index is 0.282. The number of nitrogens with zero attached hydrogens (tertiary/aromatic N) is 4. The second-order valence-corrected chi connectivity index (χ2v) is 8.16. The van der Waals surface area contributed by atoms with Gasteiger partial charge in [0.2, 0.25) is 0 Å². The first kappa shape index (κ1) is 18.7. The molecule has 1 aromatic heterocycles. The fraction of sp³-hybridized carbons (Fsp3) is 0.591. The third-order valence-electron chi connectivity index (χ3n) is 6.25. The summed E-state index contributed by atoms with van der Waals surface area (Å²) in [4.78, 5) is 5.26. The van der Waals surface area contributed by atoms with Gasteiger partial charge in [0.15, 0.2) is 0 Å². The SMILES string of the molecule is Cc1ccc(-n2cccn2)c(CN2CCN(C3CCCC3)[C@H](CCO)C2)c1. The Labute approximate surface area is 162 Å². The second kappa shape index (κ2) is 8.55. The highest BCUT2D eigenvalue weighted by Gasteiger charge is 2.33. The number of hydrogen-bond acceptors (Lipinski definition) is 4. The van der Waals surface area contributed by atoms with Gasteiger partial charge in [-0.15, -0.1) is 0 Å². The third-order valence-corrected chi connectivity index (χ3v) is 6.25. The molecule has 0 unspecified atom stereocenters. The monoisotopic (exact) mass is 368 g/mol. The number of aliphatic hydroxyl groups is 1. The van der Waals surface area contributed by atoms with Crippen LogP contribution in [0, 0.1) is 6.92 Å². The Bertz CT molecular complexity index is 724. The summed E-state index contributed by atoms with van der Waals surface area (Å²) in [5.41, 5.74) is 3.79. The van der Waals surface area contributed by atoms with Crippen LogP contribution < -0.4 is 0 Å². The van der Waals surface area contributed by atoms with Crippen molar-refractivity contribution in [2.45, 2.75) is 57.7 Å². The Morgan fingerprint density at radius 2 is 2.04 bits per heavy atom. The number of rotatable bonds is 6. The molecule has 1 aliphatic heterocycles. The number of aryl methyl sites for hydroxylation is 1. The van der Waals surface area contributed by atoms with Crippen molar-refractivity contribution >= 4 is 0 Å². The molecule has 1 atom stereocenters. The molecule has 0 amide bonds. The first-order valence-corrected chi connectivity index (χ1v) is 10.4. The van der Waals surface area contributed by atoms with E-state index in [0.717, 1.165) is 38.6 Å². The molecule has 0 bridgehead atoms. The molecule has 2 heterocycles. The molecule has 1 saturated carbocycles. The van der Waals surface area contributed by atoms with Crippen LogP contribution >= 0.6 is 0 Å². The summed E-state index contributed by atoms with van der Waals surface area (Å²) in [6.07, 6.45) is 10.1. The summed E-state index contributed by atoms with van der Waals surface area (Å²) < 4.78 is 1.97. The van der Waals surface area contributed by atoms with Crippen molar-refractivity contribution in [1.82, 2.24) is 19.6 Å². The molecule has 2 fully saturated rings. The van der Waals surface area contributed by atoms with Gasteiger partial charge in [-0.3, -0.25) is 9.80 Å². The summed E-state index contributed by atoms with van der Waals surface area (Å²) in [7, 11) is 0. The van der Waals surface area contributed by atoms with Crippen molar-refractivity contribution in [3.63, 3.8) is 0 Å². The van der Waals surface area contributed by atoms with Crippen LogP contribution in [0.2, 0.25) is 0 Å². The van der Waals surface area contributed by atoms with Gasteiger partial charge >= 0.3 is 0 Å². The maximum absolute atomic E-state index is 9.60. The second-order valence-electron chi connectivity index (χ2n) is 8.16. The third kappa shape index (κ3) is 4.26. The quantitative estimate of drug-likeness (QED) is 0.851. The molecule has 146 valence electrons. The topological polar surface area (TPSA) is 44.5 Å². The maximum Gasteiger partial charge on any atom is 0.0690 e. The molecule has 1 aliphatic carbocycles. The molecule has 27 heavy (non-hydrogen) atoms. The molecule has 1 N–H and O–H groups in total. The van der Waals surface area contributed by atoms with E-state index < -0.39 is 0 Å². The van der Waals surface area contributed by atoms with Gasteiger partial charge in [0.25, 0.3) is 0 Å². The smallest absolute Gasteiger partial charge is 0.0690 e. The number of benzene rings is 1. The Balaban J connectivity index is 1.49. The van der Waals surface area contributed by atoms with Gasteiger partial charge < -0.3 is 5.11 Å². The van der Waals surface area contributed by atoms with Gasteiger partial charge in [-0.25, -0.2) is 4.68 Å². The van der Waals surface area contributed by atoms with Crippen LogP contribution in [0.4, 0.5) is 0 Å². The van der Waals surface area contributed by atoms with E-state index in [1.807, 2.05) is 23.1 Å². The van der Waals surface area contributed by atoms with Crippen LogP contribution in [0.15, 0.2) is 36.7 Å². The minimum absolute atomic E-state index is 0.282. The average molecular weight is 369 g/mol. The molecule has 0 radical (unpaired) electrons. The Morgan fingerprint density at radius 3 is 2.78 bits per heavy atom. The Kier molecular flexibility index (Phi) is 5.91. The van der Waals surface area contributed by atoms with Gasteiger partial charge in [0, 0.05) is 57.3 Å². The lowest BCUT2D eigenvalue weighted by Gasteiger charge is -2.44. The van der Waals surface area contributed by atoms with Crippen molar-refractivity contribution in [3.05, 3.63) is 47.8 Å². The molecule has 2 aliphatic rings. The van der Waals surface area contributed by atoms with Crippen molar-refractivity contribution in [3.8, 4) is 5.69 Å². The van der Waals surface area contributed by atoms with Gasteiger partial charge in [0.1, 0.15) is 0 Å². The van der Waals surface area contributed by atoms with E-state index in [4.69, 9.17) is 0 Å². The molecule has 4 rings (SSSR count). The number of aromatic nitrogens is 2. The molecular formula is C22H32N4O. The molecule has 1 saturated heterocycles. The van der Waals surface area contributed by atoms with Crippen LogP contribution in [0.3, 0.4) is 0 Å². The standard InChI is InChI=1S/C22H32N4O/c1-18-7-8-22(26-11-4-10-23-26)19(15-18)16-24-12-13-25(20-5-2-3-6-20)21(17-24)9-14-27/h4,7-8,10-11,15,20-21,27H,2-3,5-6,9,12-14,16-17H2,1H3/t21-/m1/s1. The van der Waals surface area contributed by atoms with Gasteiger partial charge in [-0.05, 0) is 43.9 Å². The van der Waals surface area contributed by atoms with Crippen LogP contribution in [-0.2, 0) is 6.54 Å². The van der Waals surface area contributed by atoms with Crippen molar-refractivity contribution in [2.24, 2.45) is 0 Å². The number of hydrogen-bond donors (Lipinski definition) is 1. The highest BCUT2D eigenvalue weighted by molar-refractivity contribution is 5.42. The highest BCUT2D eigenvalue weighted by Crippen LogP contribution is 2.29. The van der Waals surface area contributed by atoms with Crippen LogP contribution in [0.1, 0.15) is 43.2 Å². The fourth-order valence-corrected chi connectivity index (χ4v) is 4.92. The molecule has 5 nitrogen and oxygen atoms in total. The lowest BCUT2D eigenvalue weighted by atomic mass is 10.0. The van der Waals surface area contributed by atoms with Crippen LogP contribution in [0.25, 0.3) is 5.69 Å². The van der Waals surface area contributed by atoms with E-state index in [1.54, 1.807) is 0 Å². The minimum Gasteiger partial charge on any atom is -0.396 e. The maximum atomic E-state index is 9.60. The largest absolute Gasteiger partial charge is 0.396 e. The van der Waals surface area contributed by atoms with E-state index in [9.17, 15) is 5.11 Å². The average Bonchev–Trinajstić information content (AvgIpc) is 3.37. The zero-order valence-electron chi connectivity index (χ0n) is 16.4. The molecule has 5 heteroatoms. The summed E-state index contributed by atoms with van der Waals surface area (Å²) in [5.74, 6) is 0. The van der Waals surface area contributed by atoms with Gasteiger partial charge in [-0.2, -0.15) is 5.10 Å². The zero-order valence-corrected chi connectivity index (χ0v) is 16.4. The van der Waals surface area contributed by atoms with E-state index in [2.05, 4.69) is 40.0 Å². The highest BCUT2D eigenvalue weighted by atomic mass is 16.3. The molecule has 2 aromatic rings. The first-order valence-electron chi connectivity index (χ1n) is 10.4. The van der Waals surface area contributed by atoms with Crippen molar-refractivity contribution in [2.75, 3.05) is 26.2 Å². The summed E-state index contributed by atoms with van der Waals surface area (Å²) in [6, 6.07) is 9.82. The Hall–Kier alpha value is -1.69. The predicted molar refractivity (Wildman–Crippen MR) is 108 cm³/mol. The Morgan fingerprint density at radius 1 is 1.19 bits per heavy atom. The number of piperazine rings is 1. The fourth-order valence-electron chi connectivity index (χ4n) is 4.92. The van der Waals surface area contributed by atoms with E-state index in [1.165, 1.54) is 42.5 Å². The van der Waals surface area contributed by atoms with Crippen LogP contribution in [-0.4, -0.2) is 63.0 Å². The summed E-state index contributed by atoms with van der Waals surface area (Å²) in [5, 5.41) is 14.0. The summed E-state index contributed by atoms with van der Waals surface area (Å²) >= 11 is 0. The summed E-state index contributed by atoms with van der Waals surface area (Å²) in [6.45, 7) is 6.65. The zero-order chi connectivity index (χ0) is 18.6. The van der Waals surface area contributed by atoms with Crippen molar-refractivity contribution in [1.29, 1.82) is 0 Å². The van der Waals surface area contributed by atoms with E-state index in [-0.39, 0.29) is 6.61 Å². The van der Waals surface area contributed by atoms with Crippen molar-refractivity contribution < 1.29 is 5.11 Å². The van der Waals surface area contributed by atoms with E-state index in [0.29, 0.717) is 6.04 Å². The first-order chi connectivity index (χ1) is 13.2. The molecule has 1 aromatic carbocycles. The number of aliphatic hydroxyl groups excluding tert-OH is 1. The molecule has 0 spiro atoms. The predicted octanol–water partition coefficient (Wildman–Crippen LogP) is 2.99. The van der Waals surface area contributed by atoms with E-state index >= 15 is 0 Å².